The van der Waals surface area contributed by atoms with Crippen molar-refractivity contribution in [3.05, 3.63) is 70.5 Å². The van der Waals surface area contributed by atoms with Crippen LogP contribution < -0.4 is 9.88 Å². The van der Waals surface area contributed by atoms with Crippen molar-refractivity contribution in [1.82, 2.24) is 9.78 Å². The third-order valence-electron chi connectivity index (χ3n) is 4.04. The molecule has 0 saturated heterocycles. The molecule has 0 atom stereocenters. The predicted octanol–water partition coefficient (Wildman–Crippen LogP) is 3.71. The Morgan fingerprint density at radius 3 is 2.39 bits per heavy atom. The van der Waals surface area contributed by atoms with Gasteiger partial charge in [0, 0.05) is 12.1 Å². The minimum Gasteiger partial charge on any atom is -0.495 e. The number of nitrogens with zero attached hydrogens (tertiary/aromatic N) is 2. The normalized spacial score (nSPS) is 11.8. The zero-order valence-corrected chi connectivity index (χ0v) is 16.2. The zero-order valence-electron chi connectivity index (χ0n) is 14.6. The van der Waals surface area contributed by atoms with E-state index in [1.54, 1.807) is 18.2 Å². The van der Waals surface area contributed by atoms with Crippen molar-refractivity contribution in [2.24, 2.45) is 5.14 Å². The molecule has 0 fully saturated rings. The Labute approximate surface area is 165 Å². The summed E-state index contributed by atoms with van der Waals surface area (Å²) in [6, 6.07) is 11.9. The van der Waals surface area contributed by atoms with Gasteiger partial charge in [-0.2, -0.15) is 5.10 Å². The molecular formula is C18H16ClF2N3O3S. The maximum atomic E-state index is 13.2. The molecule has 0 aliphatic rings. The minimum atomic E-state index is -3.86. The summed E-state index contributed by atoms with van der Waals surface area (Å²) >= 11 is 6.13. The maximum Gasteiger partial charge on any atom is 0.282 e. The molecule has 2 aromatic carbocycles. The van der Waals surface area contributed by atoms with Gasteiger partial charge in [-0.05, 0) is 48.0 Å². The van der Waals surface area contributed by atoms with Crippen molar-refractivity contribution in [3.8, 4) is 11.4 Å². The lowest BCUT2D eigenvalue weighted by atomic mass is 10.1. The Hall–Kier alpha value is -2.49. The minimum absolute atomic E-state index is 0.0824. The number of sulfonamides is 1. The van der Waals surface area contributed by atoms with Gasteiger partial charge in [-0.25, -0.2) is 27.0 Å². The summed E-state index contributed by atoms with van der Waals surface area (Å²) in [6.07, 6.45) is -2.47. The smallest absolute Gasteiger partial charge is 0.282 e. The highest BCUT2D eigenvalue weighted by Gasteiger charge is 2.18. The standard InChI is InChI=1S/C18H16ClF2N3O3S/c1-27-17-7-2-11(9-15(17)19)8-13-10-16(18(20)21)23-24(13)12-3-5-14(6-4-12)28(22,25)26/h2-7,9-10,18H,8H2,1H3,(H2,22,25,26). The van der Waals surface area contributed by atoms with Crippen molar-refractivity contribution in [3.63, 3.8) is 0 Å². The monoisotopic (exact) mass is 427 g/mol. The SMILES string of the molecule is COc1ccc(Cc2cc(C(F)F)nn2-c2ccc(S(N)(=O)=O)cc2)cc1Cl. The first kappa shape index (κ1) is 20.2. The summed E-state index contributed by atoms with van der Waals surface area (Å²) in [6.45, 7) is 0. The van der Waals surface area contributed by atoms with E-state index in [4.69, 9.17) is 21.5 Å². The Morgan fingerprint density at radius 2 is 1.86 bits per heavy atom. The molecule has 0 spiro atoms. The Bertz CT molecular complexity index is 1100. The van der Waals surface area contributed by atoms with Gasteiger partial charge in [-0.3, -0.25) is 0 Å². The van der Waals surface area contributed by atoms with Crippen LogP contribution >= 0.6 is 11.6 Å². The number of ether oxygens (including phenoxy) is 1. The molecule has 1 heterocycles. The van der Waals surface area contributed by atoms with E-state index in [1.807, 2.05) is 0 Å². The van der Waals surface area contributed by atoms with Crippen molar-refractivity contribution in [2.45, 2.75) is 17.7 Å². The third kappa shape index (κ3) is 4.32. The van der Waals surface area contributed by atoms with Gasteiger partial charge in [0.2, 0.25) is 10.0 Å². The Kier molecular flexibility index (Phi) is 5.69. The summed E-state index contributed by atoms with van der Waals surface area (Å²) in [4.78, 5) is -0.0824. The van der Waals surface area contributed by atoms with Crippen LogP contribution in [0.25, 0.3) is 5.69 Å². The summed E-state index contributed by atoms with van der Waals surface area (Å²) in [5.74, 6) is 0.505. The van der Waals surface area contributed by atoms with Gasteiger partial charge in [0.15, 0.2) is 0 Å². The predicted molar refractivity (Wildman–Crippen MR) is 101 cm³/mol. The molecule has 0 saturated carbocycles. The molecule has 3 rings (SSSR count). The van der Waals surface area contributed by atoms with Gasteiger partial charge >= 0.3 is 0 Å². The quantitative estimate of drug-likeness (QED) is 0.649. The van der Waals surface area contributed by atoms with E-state index < -0.39 is 16.4 Å². The Morgan fingerprint density at radius 1 is 1.18 bits per heavy atom. The molecule has 2 N–H and O–H groups in total. The molecule has 10 heteroatoms. The third-order valence-corrected chi connectivity index (χ3v) is 5.26. The van der Waals surface area contributed by atoms with Gasteiger partial charge in [-0.1, -0.05) is 17.7 Å². The van der Waals surface area contributed by atoms with Crippen LogP contribution in [0.15, 0.2) is 53.4 Å². The molecule has 6 nitrogen and oxygen atoms in total. The van der Waals surface area contributed by atoms with Crippen LogP contribution in [0.1, 0.15) is 23.4 Å². The van der Waals surface area contributed by atoms with Crippen LogP contribution in [0.3, 0.4) is 0 Å². The van der Waals surface area contributed by atoms with E-state index >= 15 is 0 Å². The fraction of sp³-hybridized carbons (Fsp3) is 0.167. The van der Waals surface area contributed by atoms with E-state index in [2.05, 4.69) is 5.10 Å². The van der Waals surface area contributed by atoms with Crippen LogP contribution in [0.5, 0.6) is 5.75 Å². The lowest BCUT2D eigenvalue weighted by Gasteiger charge is -2.10. The molecule has 0 bridgehead atoms. The fourth-order valence-corrected chi connectivity index (χ4v) is 3.50. The van der Waals surface area contributed by atoms with Crippen molar-refractivity contribution in [2.75, 3.05) is 7.11 Å². The van der Waals surface area contributed by atoms with Gasteiger partial charge < -0.3 is 4.74 Å². The summed E-state index contributed by atoms with van der Waals surface area (Å²) in [7, 11) is -2.36. The molecular weight excluding hydrogens is 412 g/mol. The van der Waals surface area contributed by atoms with Crippen molar-refractivity contribution < 1.29 is 21.9 Å². The van der Waals surface area contributed by atoms with Crippen LogP contribution in [0.2, 0.25) is 5.02 Å². The first-order chi connectivity index (χ1) is 13.2. The van der Waals surface area contributed by atoms with Crippen LogP contribution in [-0.4, -0.2) is 25.3 Å². The van der Waals surface area contributed by atoms with Gasteiger partial charge in [0.05, 0.1) is 22.7 Å². The molecule has 148 valence electrons. The topological polar surface area (TPSA) is 87.2 Å². The van der Waals surface area contributed by atoms with Crippen LogP contribution in [0.4, 0.5) is 8.78 Å². The molecule has 0 radical (unpaired) electrons. The van der Waals surface area contributed by atoms with E-state index in [-0.39, 0.29) is 17.0 Å². The molecule has 0 aliphatic carbocycles. The lowest BCUT2D eigenvalue weighted by molar-refractivity contribution is 0.145. The van der Waals surface area contributed by atoms with E-state index in [0.29, 0.717) is 22.2 Å². The number of alkyl halides is 2. The zero-order chi connectivity index (χ0) is 20.5. The first-order valence-electron chi connectivity index (χ1n) is 8.01. The van der Waals surface area contributed by atoms with E-state index in [9.17, 15) is 17.2 Å². The molecule has 1 aromatic heterocycles. The highest BCUT2D eigenvalue weighted by atomic mass is 35.5. The second-order valence-corrected chi connectivity index (χ2v) is 7.93. The number of primary sulfonamides is 1. The molecule has 28 heavy (non-hydrogen) atoms. The maximum absolute atomic E-state index is 13.2. The van der Waals surface area contributed by atoms with E-state index in [0.717, 1.165) is 5.56 Å². The fourth-order valence-electron chi connectivity index (χ4n) is 2.70. The number of hydrogen-bond donors (Lipinski definition) is 1. The highest BCUT2D eigenvalue weighted by Crippen LogP contribution is 2.28. The highest BCUT2D eigenvalue weighted by molar-refractivity contribution is 7.89. The number of benzene rings is 2. The summed E-state index contributed by atoms with van der Waals surface area (Å²) in [5, 5.41) is 9.44. The molecule has 0 unspecified atom stereocenters. The second kappa shape index (κ2) is 7.86. The summed E-state index contributed by atoms with van der Waals surface area (Å²) < 4.78 is 55.6. The average molecular weight is 428 g/mol. The van der Waals surface area contributed by atoms with Gasteiger partial charge in [0.1, 0.15) is 11.4 Å². The van der Waals surface area contributed by atoms with Crippen molar-refractivity contribution >= 4 is 21.6 Å². The number of nitrogens with two attached hydrogens (primary N) is 1. The lowest BCUT2D eigenvalue weighted by Crippen LogP contribution is -2.12. The largest absolute Gasteiger partial charge is 0.495 e. The Balaban J connectivity index is 2.01. The van der Waals surface area contributed by atoms with Gasteiger partial charge in [-0.15, -0.1) is 0 Å². The molecule has 0 aliphatic heterocycles. The van der Waals surface area contributed by atoms with Crippen LogP contribution in [0, 0.1) is 0 Å². The number of methoxy groups -OCH3 is 1. The average Bonchev–Trinajstić information content (AvgIpc) is 3.05. The van der Waals surface area contributed by atoms with E-state index in [1.165, 1.54) is 42.1 Å². The second-order valence-electron chi connectivity index (χ2n) is 5.96. The first-order valence-corrected chi connectivity index (χ1v) is 9.94. The number of rotatable bonds is 6. The molecule has 3 aromatic rings. The number of aromatic nitrogens is 2. The number of hydrogen-bond acceptors (Lipinski definition) is 4. The van der Waals surface area contributed by atoms with Crippen molar-refractivity contribution in [1.29, 1.82) is 0 Å². The molecule has 0 amide bonds. The van der Waals surface area contributed by atoms with Crippen LogP contribution in [-0.2, 0) is 16.4 Å². The summed E-state index contributed by atoms with van der Waals surface area (Å²) in [5.41, 5.74) is 1.30. The number of halogens is 3. The van der Waals surface area contributed by atoms with Gasteiger partial charge in [0.25, 0.3) is 6.43 Å².